The molecule has 2 aromatic carbocycles. The van der Waals surface area contributed by atoms with Gasteiger partial charge in [0.1, 0.15) is 0 Å². The number of aryl methyl sites for hydroxylation is 1. The molecule has 3 amide bonds. The van der Waals surface area contributed by atoms with Crippen molar-refractivity contribution in [3.8, 4) is 0 Å². The molecule has 0 spiro atoms. The molecule has 3 unspecified atom stereocenters. The average Bonchev–Trinajstić information content (AvgIpc) is 2.99. The van der Waals surface area contributed by atoms with Crippen LogP contribution in [-0.4, -0.2) is 24.8 Å². The Bertz CT molecular complexity index is 934. The molecule has 0 aromatic heterocycles. The first-order valence-electron chi connectivity index (χ1n) is 10.2. The van der Waals surface area contributed by atoms with E-state index in [1.54, 1.807) is 7.05 Å². The molecule has 3 atom stereocenters. The molecule has 0 radical (unpaired) electrons. The number of carbonyl (C=O) groups excluding carboxylic acids is 3. The van der Waals surface area contributed by atoms with Crippen molar-refractivity contribution in [1.82, 2.24) is 5.32 Å². The highest BCUT2D eigenvalue weighted by Gasteiger charge is 2.51. The second kappa shape index (κ2) is 7.82. The number of benzene rings is 2. The lowest BCUT2D eigenvalue weighted by molar-refractivity contribution is -0.129. The van der Waals surface area contributed by atoms with Crippen LogP contribution in [0.5, 0.6) is 0 Å². The largest absolute Gasteiger partial charge is 0.359 e. The Labute approximate surface area is 171 Å². The van der Waals surface area contributed by atoms with E-state index in [-0.39, 0.29) is 35.5 Å². The summed E-state index contributed by atoms with van der Waals surface area (Å²) in [4.78, 5) is 39.2. The van der Waals surface area contributed by atoms with Gasteiger partial charge in [-0.15, -0.1) is 0 Å². The molecule has 1 saturated heterocycles. The molecule has 1 heterocycles. The first-order chi connectivity index (χ1) is 14.0. The predicted molar refractivity (Wildman–Crippen MR) is 111 cm³/mol. The summed E-state index contributed by atoms with van der Waals surface area (Å²) in [5, 5.41) is 2.66. The third kappa shape index (κ3) is 3.69. The molecule has 4 rings (SSSR count). The number of imide groups is 1. The Morgan fingerprint density at radius 2 is 1.52 bits per heavy atom. The van der Waals surface area contributed by atoms with Crippen LogP contribution in [0.1, 0.15) is 36.0 Å². The summed E-state index contributed by atoms with van der Waals surface area (Å²) in [6, 6.07) is 16.1. The zero-order valence-electron chi connectivity index (χ0n) is 16.9. The van der Waals surface area contributed by atoms with E-state index in [4.69, 9.17) is 0 Å². The number of rotatable bonds is 4. The van der Waals surface area contributed by atoms with Crippen molar-refractivity contribution >= 4 is 23.4 Å². The molecule has 1 saturated carbocycles. The quantitative estimate of drug-likeness (QED) is 0.815. The number of anilines is 1. The van der Waals surface area contributed by atoms with Gasteiger partial charge in [-0.05, 0) is 55.9 Å². The van der Waals surface area contributed by atoms with Crippen LogP contribution in [0.3, 0.4) is 0 Å². The Balaban J connectivity index is 1.49. The molecule has 2 fully saturated rings. The van der Waals surface area contributed by atoms with E-state index in [9.17, 15) is 14.4 Å². The highest BCUT2D eigenvalue weighted by Crippen LogP contribution is 2.42. The smallest absolute Gasteiger partial charge is 0.237 e. The van der Waals surface area contributed by atoms with Crippen molar-refractivity contribution in [2.45, 2.75) is 32.6 Å². The minimum absolute atomic E-state index is 0.0393. The molecule has 0 bridgehead atoms. The molecule has 150 valence electrons. The van der Waals surface area contributed by atoms with Gasteiger partial charge in [-0.25, -0.2) is 0 Å². The number of fused-ring (bicyclic) bond motifs is 1. The second-order valence-electron chi connectivity index (χ2n) is 8.18. The summed E-state index contributed by atoms with van der Waals surface area (Å²) in [5.41, 5.74) is 4.21. The van der Waals surface area contributed by atoms with Gasteiger partial charge >= 0.3 is 0 Å². The zero-order chi connectivity index (χ0) is 20.5. The maximum absolute atomic E-state index is 13.0. The van der Waals surface area contributed by atoms with E-state index in [0.29, 0.717) is 24.9 Å². The lowest BCUT2D eigenvalue weighted by atomic mass is 9.75. The van der Waals surface area contributed by atoms with E-state index in [1.807, 2.05) is 24.3 Å². The summed E-state index contributed by atoms with van der Waals surface area (Å²) in [6.07, 6.45) is 2.51. The molecule has 2 aliphatic rings. The van der Waals surface area contributed by atoms with Crippen LogP contribution in [-0.2, 0) is 20.8 Å². The van der Waals surface area contributed by atoms with Crippen LogP contribution < -0.4 is 10.2 Å². The van der Waals surface area contributed by atoms with Crippen molar-refractivity contribution in [3.63, 3.8) is 0 Å². The highest BCUT2D eigenvalue weighted by atomic mass is 16.2. The van der Waals surface area contributed by atoms with Crippen molar-refractivity contribution < 1.29 is 14.4 Å². The minimum Gasteiger partial charge on any atom is -0.359 e. The number of nitrogens with zero attached hydrogens (tertiary/aromatic N) is 1. The zero-order valence-corrected chi connectivity index (χ0v) is 16.9. The van der Waals surface area contributed by atoms with Crippen LogP contribution in [0.4, 0.5) is 5.69 Å². The maximum Gasteiger partial charge on any atom is 0.237 e. The highest BCUT2D eigenvalue weighted by molar-refractivity contribution is 6.22. The van der Waals surface area contributed by atoms with Crippen molar-refractivity contribution in [3.05, 3.63) is 65.2 Å². The van der Waals surface area contributed by atoms with Gasteiger partial charge in [0, 0.05) is 13.0 Å². The van der Waals surface area contributed by atoms with Gasteiger partial charge in [-0.1, -0.05) is 42.0 Å². The van der Waals surface area contributed by atoms with E-state index in [2.05, 4.69) is 36.5 Å². The molecular weight excluding hydrogens is 364 g/mol. The summed E-state index contributed by atoms with van der Waals surface area (Å²) >= 11 is 0. The molecule has 5 heteroatoms. The third-order valence-corrected chi connectivity index (χ3v) is 6.27. The van der Waals surface area contributed by atoms with E-state index >= 15 is 0 Å². The van der Waals surface area contributed by atoms with E-state index in [0.717, 1.165) is 12.0 Å². The van der Waals surface area contributed by atoms with Crippen LogP contribution in [0.2, 0.25) is 0 Å². The minimum atomic E-state index is -0.384. The molecule has 29 heavy (non-hydrogen) atoms. The topological polar surface area (TPSA) is 66.5 Å². The average molecular weight is 390 g/mol. The number of amides is 3. The van der Waals surface area contributed by atoms with Crippen LogP contribution in [0.25, 0.3) is 0 Å². The molecule has 1 aliphatic heterocycles. The predicted octanol–water partition coefficient (Wildman–Crippen LogP) is 3.24. The second-order valence-corrected chi connectivity index (χ2v) is 8.18. The van der Waals surface area contributed by atoms with Crippen molar-refractivity contribution in [1.29, 1.82) is 0 Å². The monoisotopic (exact) mass is 390 g/mol. The fraction of sp³-hybridized carbons (Fsp3) is 0.375. The number of carbonyl (C=O) groups is 3. The van der Waals surface area contributed by atoms with Crippen LogP contribution >= 0.6 is 0 Å². The van der Waals surface area contributed by atoms with Crippen LogP contribution in [0.15, 0.2) is 48.5 Å². The summed E-state index contributed by atoms with van der Waals surface area (Å²) in [5.74, 6) is -1.19. The lowest BCUT2D eigenvalue weighted by Gasteiger charge is -2.27. The third-order valence-electron chi connectivity index (χ3n) is 6.27. The fourth-order valence-electron chi connectivity index (χ4n) is 4.58. The fourth-order valence-corrected chi connectivity index (χ4v) is 4.58. The Kier molecular flexibility index (Phi) is 5.22. The normalized spacial score (nSPS) is 23.8. The molecule has 1 N–H and O–H groups in total. The lowest BCUT2D eigenvalue weighted by Crippen LogP contribution is -2.35. The van der Waals surface area contributed by atoms with Gasteiger partial charge < -0.3 is 5.32 Å². The summed E-state index contributed by atoms with van der Waals surface area (Å²) in [6.45, 7) is 2.07. The van der Waals surface area contributed by atoms with Gasteiger partial charge in [0.2, 0.25) is 17.7 Å². The van der Waals surface area contributed by atoms with Crippen LogP contribution in [0, 0.1) is 24.7 Å². The molecule has 5 nitrogen and oxygen atoms in total. The Morgan fingerprint density at radius 3 is 2.14 bits per heavy atom. The Hall–Kier alpha value is -2.95. The van der Waals surface area contributed by atoms with Gasteiger partial charge in [0.25, 0.3) is 0 Å². The van der Waals surface area contributed by atoms with Gasteiger partial charge in [0.05, 0.1) is 17.5 Å². The first-order valence-corrected chi connectivity index (χ1v) is 10.2. The molecule has 2 aromatic rings. The van der Waals surface area contributed by atoms with Crippen molar-refractivity contribution in [2.75, 3.05) is 11.9 Å². The maximum atomic E-state index is 13.0. The van der Waals surface area contributed by atoms with Crippen molar-refractivity contribution in [2.24, 2.45) is 17.8 Å². The molecular formula is C24H26N2O3. The van der Waals surface area contributed by atoms with Gasteiger partial charge in [0.15, 0.2) is 0 Å². The summed E-state index contributed by atoms with van der Waals surface area (Å²) < 4.78 is 0. The summed E-state index contributed by atoms with van der Waals surface area (Å²) in [7, 11) is 1.61. The number of hydrogen-bond acceptors (Lipinski definition) is 3. The number of hydrogen-bond donors (Lipinski definition) is 1. The number of nitrogens with one attached hydrogen (secondary N) is 1. The van der Waals surface area contributed by atoms with Gasteiger partial charge in [-0.2, -0.15) is 0 Å². The van der Waals surface area contributed by atoms with Gasteiger partial charge in [-0.3, -0.25) is 19.3 Å². The standard InChI is InChI=1S/C24H26N2O3/c1-15-3-5-16(6-4-15)13-17-7-10-19(11-8-17)26-23(28)20-12-9-18(22(27)25-2)14-21(20)24(26)29/h3-8,10-11,18,20-21H,9,12-14H2,1-2H3,(H,25,27). The SMILES string of the molecule is CNC(=O)C1CCC2C(=O)N(c3ccc(Cc4ccc(C)cc4)cc3)C(=O)C2C1. The Morgan fingerprint density at radius 1 is 0.931 bits per heavy atom. The van der Waals surface area contributed by atoms with E-state index < -0.39 is 0 Å². The molecule has 1 aliphatic carbocycles. The first kappa shape index (κ1) is 19.4. The van der Waals surface area contributed by atoms with E-state index in [1.165, 1.54) is 16.0 Å².